The molecule has 14 heavy (non-hydrogen) atoms. The highest BCUT2D eigenvalue weighted by atomic mass is 16.4. The van der Waals surface area contributed by atoms with Gasteiger partial charge in [-0.25, -0.2) is 0 Å². The van der Waals surface area contributed by atoms with Gasteiger partial charge in [0, 0.05) is 17.3 Å². The molecule has 4 heteroatoms. The minimum atomic E-state index is -1.15. The Morgan fingerprint density at radius 1 is 1.43 bits per heavy atom. The van der Waals surface area contributed by atoms with Crippen molar-refractivity contribution in [3.05, 3.63) is 36.0 Å². The number of aromatic nitrogens is 1. The first-order valence-corrected chi connectivity index (χ1v) is 4.29. The fraction of sp³-hybridized carbons (Fsp3) is 0.100. The minimum Gasteiger partial charge on any atom is -0.544 e. The van der Waals surface area contributed by atoms with Gasteiger partial charge in [-0.1, -0.05) is 6.07 Å². The van der Waals surface area contributed by atoms with Crippen molar-refractivity contribution in [1.82, 2.24) is 4.98 Å². The molecule has 4 N–H and O–H groups in total. The molecule has 1 aromatic heterocycles. The van der Waals surface area contributed by atoms with E-state index in [1.807, 2.05) is 18.3 Å². The van der Waals surface area contributed by atoms with Gasteiger partial charge in [-0.05, 0) is 23.6 Å². The van der Waals surface area contributed by atoms with Crippen molar-refractivity contribution >= 4 is 16.9 Å². The van der Waals surface area contributed by atoms with Gasteiger partial charge in [0.25, 0.3) is 0 Å². The highest BCUT2D eigenvalue weighted by Crippen LogP contribution is 2.17. The van der Waals surface area contributed by atoms with Crippen molar-refractivity contribution in [2.45, 2.75) is 6.04 Å². The molecule has 0 radical (unpaired) electrons. The minimum absolute atomic E-state index is 0.664. The van der Waals surface area contributed by atoms with E-state index in [0.29, 0.717) is 5.56 Å². The first kappa shape index (κ1) is 8.77. The van der Waals surface area contributed by atoms with E-state index in [1.165, 1.54) is 0 Å². The van der Waals surface area contributed by atoms with Crippen molar-refractivity contribution in [3.63, 3.8) is 0 Å². The molecule has 1 atom stereocenters. The average Bonchev–Trinajstić information content (AvgIpc) is 2.62. The van der Waals surface area contributed by atoms with Gasteiger partial charge in [0.2, 0.25) is 0 Å². The van der Waals surface area contributed by atoms with Crippen LogP contribution >= 0.6 is 0 Å². The lowest BCUT2D eigenvalue weighted by Crippen LogP contribution is -2.60. The number of aliphatic carboxylic acids is 1. The van der Waals surface area contributed by atoms with Crippen molar-refractivity contribution in [2.24, 2.45) is 0 Å². The molecule has 0 amide bonds. The standard InChI is InChI=1S/C10H10N2O2/c11-9(10(13)14)7-1-2-8-6(5-7)3-4-12-8/h1-5,9,12H,11H2,(H,13,14)/t9-/m0/s1. The van der Waals surface area contributed by atoms with E-state index in [-0.39, 0.29) is 0 Å². The zero-order valence-corrected chi connectivity index (χ0v) is 7.49. The van der Waals surface area contributed by atoms with Crippen LogP contribution < -0.4 is 10.8 Å². The maximum Gasteiger partial charge on any atom is 0.150 e. The number of aromatic amines is 1. The molecule has 0 spiro atoms. The van der Waals surface area contributed by atoms with Crippen molar-refractivity contribution in [1.29, 1.82) is 0 Å². The molecule has 1 heterocycles. The summed E-state index contributed by atoms with van der Waals surface area (Å²) >= 11 is 0. The van der Waals surface area contributed by atoms with Gasteiger partial charge >= 0.3 is 0 Å². The number of nitrogens with one attached hydrogen (secondary N) is 1. The summed E-state index contributed by atoms with van der Waals surface area (Å²) in [6.07, 6.45) is 1.81. The van der Waals surface area contributed by atoms with Crippen LogP contribution in [-0.4, -0.2) is 11.0 Å². The van der Waals surface area contributed by atoms with Gasteiger partial charge in [-0.3, -0.25) is 0 Å². The van der Waals surface area contributed by atoms with Gasteiger partial charge < -0.3 is 20.6 Å². The number of carbonyl (C=O) groups excluding carboxylic acids is 1. The molecule has 0 fully saturated rings. The third-order valence-electron chi connectivity index (χ3n) is 2.26. The van der Waals surface area contributed by atoms with Crippen LogP contribution in [-0.2, 0) is 4.79 Å². The second-order valence-electron chi connectivity index (χ2n) is 3.20. The van der Waals surface area contributed by atoms with Crippen molar-refractivity contribution in [3.8, 4) is 0 Å². The lowest BCUT2D eigenvalue weighted by atomic mass is 10.1. The number of benzene rings is 1. The Bertz CT molecular complexity index is 476. The number of rotatable bonds is 2. The monoisotopic (exact) mass is 190 g/mol. The Morgan fingerprint density at radius 3 is 2.93 bits per heavy atom. The van der Waals surface area contributed by atoms with Gasteiger partial charge in [-0.15, -0.1) is 0 Å². The SMILES string of the molecule is [NH3+][C@H](C(=O)[O-])c1ccc2[nH]ccc2c1. The quantitative estimate of drug-likeness (QED) is 0.649. The van der Waals surface area contributed by atoms with E-state index in [4.69, 9.17) is 0 Å². The average molecular weight is 190 g/mol. The van der Waals surface area contributed by atoms with Crippen LogP contribution in [0, 0.1) is 0 Å². The van der Waals surface area contributed by atoms with Gasteiger partial charge in [0.15, 0.2) is 6.04 Å². The highest BCUT2D eigenvalue weighted by molar-refractivity contribution is 5.82. The zero-order valence-electron chi connectivity index (χ0n) is 7.49. The Hall–Kier alpha value is -1.81. The van der Waals surface area contributed by atoms with Crippen LogP contribution in [0.15, 0.2) is 30.5 Å². The number of quaternary nitrogens is 1. The zero-order chi connectivity index (χ0) is 10.1. The largest absolute Gasteiger partial charge is 0.544 e. The Morgan fingerprint density at radius 2 is 2.21 bits per heavy atom. The number of hydrogen-bond donors (Lipinski definition) is 2. The van der Waals surface area contributed by atoms with Crippen LogP contribution in [0.2, 0.25) is 0 Å². The molecule has 0 bridgehead atoms. The first-order chi connectivity index (χ1) is 6.68. The summed E-state index contributed by atoms with van der Waals surface area (Å²) in [5.41, 5.74) is 5.18. The molecule has 0 aliphatic rings. The van der Waals surface area contributed by atoms with Crippen LogP contribution in [0.5, 0.6) is 0 Å². The summed E-state index contributed by atoms with van der Waals surface area (Å²) in [6.45, 7) is 0. The molecule has 0 aliphatic heterocycles. The van der Waals surface area contributed by atoms with E-state index in [2.05, 4.69) is 10.7 Å². The number of carboxylic acid groups (broad SMARTS) is 1. The van der Waals surface area contributed by atoms with Crippen LogP contribution in [0.25, 0.3) is 10.9 Å². The van der Waals surface area contributed by atoms with E-state index < -0.39 is 12.0 Å². The normalized spacial score (nSPS) is 12.9. The summed E-state index contributed by atoms with van der Waals surface area (Å²) < 4.78 is 0. The van der Waals surface area contributed by atoms with Gasteiger partial charge in [0.1, 0.15) is 5.97 Å². The molecular weight excluding hydrogens is 180 g/mol. The summed E-state index contributed by atoms with van der Waals surface area (Å²) in [6, 6.07) is 6.47. The third kappa shape index (κ3) is 1.36. The summed E-state index contributed by atoms with van der Waals surface area (Å²) in [5, 5.41) is 11.6. The van der Waals surface area contributed by atoms with Gasteiger partial charge in [-0.2, -0.15) is 0 Å². The van der Waals surface area contributed by atoms with E-state index in [0.717, 1.165) is 10.9 Å². The van der Waals surface area contributed by atoms with Crippen molar-refractivity contribution in [2.75, 3.05) is 0 Å². The van der Waals surface area contributed by atoms with E-state index in [9.17, 15) is 9.90 Å². The molecule has 2 aromatic rings. The number of H-pyrrole nitrogens is 1. The van der Waals surface area contributed by atoms with E-state index >= 15 is 0 Å². The summed E-state index contributed by atoms with van der Waals surface area (Å²) in [7, 11) is 0. The van der Waals surface area contributed by atoms with E-state index in [1.54, 1.807) is 12.1 Å². The fourth-order valence-electron chi connectivity index (χ4n) is 1.42. The first-order valence-electron chi connectivity index (χ1n) is 4.29. The van der Waals surface area contributed by atoms with Gasteiger partial charge in [0.05, 0.1) is 0 Å². The Balaban J connectivity index is 2.48. The molecule has 0 saturated carbocycles. The summed E-state index contributed by atoms with van der Waals surface area (Å²) in [4.78, 5) is 13.6. The van der Waals surface area contributed by atoms with Crippen LogP contribution in [0.1, 0.15) is 11.6 Å². The molecule has 72 valence electrons. The summed E-state index contributed by atoms with van der Waals surface area (Å²) in [5.74, 6) is -1.15. The lowest BCUT2D eigenvalue weighted by Gasteiger charge is -2.09. The Kier molecular flexibility index (Phi) is 1.98. The molecule has 1 aromatic carbocycles. The second-order valence-corrected chi connectivity index (χ2v) is 3.20. The molecule has 4 nitrogen and oxygen atoms in total. The molecule has 0 aliphatic carbocycles. The number of fused-ring (bicyclic) bond motifs is 1. The maximum atomic E-state index is 10.6. The number of carbonyl (C=O) groups is 1. The van der Waals surface area contributed by atoms with Crippen LogP contribution in [0.4, 0.5) is 0 Å². The third-order valence-corrected chi connectivity index (χ3v) is 2.26. The lowest BCUT2D eigenvalue weighted by molar-refractivity contribution is -0.443. The highest BCUT2D eigenvalue weighted by Gasteiger charge is 2.10. The number of hydrogen-bond acceptors (Lipinski definition) is 2. The maximum absolute atomic E-state index is 10.6. The number of carboxylic acids is 1. The molecule has 2 rings (SSSR count). The topological polar surface area (TPSA) is 83.6 Å². The smallest absolute Gasteiger partial charge is 0.150 e. The second kappa shape index (κ2) is 3.16. The molecule has 0 saturated heterocycles. The fourth-order valence-corrected chi connectivity index (χ4v) is 1.42. The molecule has 0 unspecified atom stereocenters. The Labute approximate surface area is 80.3 Å². The van der Waals surface area contributed by atoms with Crippen LogP contribution in [0.3, 0.4) is 0 Å². The predicted molar refractivity (Wildman–Crippen MR) is 48.9 cm³/mol. The molecular formula is C10H10N2O2. The van der Waals surface area contributed by atoms with Crippen molar-refractivity contribution < 1.29 is 15.6 Å². The predicted octanol–water partition coefficient (Wildman–Crippen LogP) is -0.799.